The maximum Gasteiger partial charge on any atom is 0.236 e. The Morgan fingerprint density at radius 2 is 1.77 bits per heavy atom. The highest BCUT2D eigenvalue weighted by Gasteiger charge is 2.39. The number of nitrogens with zero attached hydrogens (tertiary/aromatic N) is 2. The van der Waals surface area contributed by atoms with Gasteiger partial charge in [-0.05, 0) is 23.3 Å². The van der Waals surface area contributed by atoms with Gasteiger partial charge in [-0.1, -0.05) is 48.5 Å². The van der Waals surface area contributed by atoms with Crippen LogP contribution in [0.5, 0.6) is 0 Å². The molecule has 1 aromatic heterocycles. The van der Waals surface area contributed by atoms with Gasteiger partial charge in [-0.3, -0.25) is 0 Å². The van der Waals surface area contributed by atoms with Crippen LogP contribution in [0.2, 0.25) is 0 Å². The Bertz CT molecular complexity index is 916. The molecule has 106 valence electrons. The van der Waals surface area contributed by atoms with Gasteiger partial charge in [-0.25, -0.2) is 9.98 Å². The van der Waals surface area contributed by atoms with Crippen molar-refractivity contribution in [3.63, 3.8) is 0 Å². The van der Waals surface area contributed by atoms with E-state index in [1.54, 1.807) is 0 Å². The molecule has 1 aliphatic carbocycles. The molecule has 0 amide bonds. The normalized spacial score (nSPS) is 22.1. The molecule has 5 rings (SSSR count). The molecule has 0 N–H and O–H groups in total. The molecule has 3 heteroatoms. The molecule has 0 saturated heterocycles. The second-order valence-corrected chi connectivity index (χ2v) is 5.83. The van der Waals surface area contributed by atoms with Crippen molar-refractivity contribution in [1.82, 2.24) is 4.98 Å². The average Bonchev–Trinajstić information content (AvgIpc) is 3.12. The Hall–Kier alpha value is -2.68. The molecule has 3 aromatic rings. The Labute approximate surface area is 128 Å². The number of pyridine rings is 1. The lowest BCUT2D eigenvalue weighted by molar-refractivity contribution is 0.206. The van der Waals surface area contributed by atoms with Crippen LogP contribution in [0.25, 0.3) is 10.9 Å². The van der Waals surface area contributed by atoms with E-state index in [0.717, 1.165) is 23.0 Å². The van der Waals surface area contributed by atoms with Crippen LogP contribution in [0, 0.1) is 0 Å². The number of fused-ring (bicyclic) bond motifs is 4. The first-order valence-corrected chi connectivity index (χ1v) is 7.57. The summed E-state index contributed by atoms with van der Waals surface area (Å²) in [5.41, 5.74) is 4.45. The molecule has 22 heavy (non-hydrogen) atoms. The minimum absolute atomic E-state index is 0.125. The number of hydrogen-bond donors (Lipinski definition) is 0. The first-order valence-electron chi connectivity index (χ1n) is 7.57. The molecule has 3 nitrogen and oxygen atoms in total. The summed E-state index contributed by atoms with van der Waals surface area (Å²) in [6, 6.07) is 20.8. The highest BCUT2D eigenvalue weighted by atomic mass is 16.5. The lowest BCUT2D eigenvalue weighted by Gasteiger charge is -2.08. The first-order chi connectivity index (χ1) is 10.9. The van der Waals surface area contributed by atoms with Crippen LogP contribution in [0.15, 0.2) is 65.7 Å². The average molecular weight is 286 g/mol. The van der Waals surface area contributed by atoms with E-state index in [2.05, 4.69) is 41.4 Å². The smallest absolute Gasteiger partial charge is 0.236 e. The van der Waals surface area contributed by atoms with E-state index in [1.165, 1.54) is 11.1 Å². The van der Waals surface area contributed by atoms with Gasteiger partial charge in [0.05, 0.1) is 5.52 Å². The van der Waals surface area contributed by atoms with E-state index in [9.17, 15) is 0 Å². The number of aromatic nitrogens is 1. The lowest BCUT2D eigenvalue weighted by Crippen LogP contribution is -2.14. The van der Waals surface area contributed by atoms with Crippen molar-refractivity contribution in [2.75, 3.05) is 0 Å². The van der Waals surface area contributed by atoms with Crippen LogP contribution >= 0.6 is 0 Å². The highest BCUT2D eigenvalue weighted by Crippen LogP contribution is 2.40. The van der Waals surface area contributed by atoms with Crippen LogP contribution in [0.4, 0.5) is 0 Å². The third kappa shape index (κ3) is 1.69. The summed E-state index contributed by atoms with van der Waals surface area (Å²) in [6.45, 7) is 0. The Kier molecular flexibility index (Phi) is 2.39. The van der Waals surface area contributed by atoms with Crippen molar-refractivity contribution >= 4 is 16.8 Å². The summed E-state index contributed by atoms with van der Waals surface area (Å²) in [4.78, 5) is 9.49. The van der Waals surface area contributed by atoms with Crippen molar-refractivity contribution in [2.45, 2.75) is 18.6 Å². The summed E-state index contributed by atoms with van der Waals surface area (Å²) < 4.78 is 6.09. The van der Waals surface area contributed by atoms with Gasteiger partial charge in [0, 0.05) is 11.8 Å². The summed E-state index contributed by atoms with van der Waals surface area (Å²) in [7, 11) is 0. The van der Waals surface area contributed by atoms with Gasteiger partial charge < -0.3 is 4.74 Å². The largest absolute Gasteiger partial charge is 0.470 e. The van der Waals surface area contributed by atoms with Gasteiger partial charge in [-0.15, -0.1) is 0 Å². The molecule has 0 spiro atoms. The number of aliphatic imine (C=N–C) groups is 1. The maximum atomic E-state index is 6.09. The fraction of sp³-hybridized carbons (Fsp3) is 0.158. The summed E-state index contributed by atoms with van der Waals surface area (Å²) in [5.74, 6) is 0.676. The molecular weight excluding hydrogens is 272 g/mol. The fourth-order valence-electron chi connectivity index (χ4n) is 3.41. The van der Waals surface area contributed by atoms with Crippen LogP contribution in [-0.2, 0) is 11.2 Å². The van der Waals surface area contributed by atoms with Crippen molar-refractivity contribution in [3.8, 4) is 0 Å². The van der Waals surface area contributed by atoms with E-state index >= 15 is 0 Å². The Morgan fingerprint density at radius 3 is 2.77 bits per heavy atom. The molecular formula is C19H14N2O. The van der Waals surface area contributed by atoms with Crippen molar-refractivity contribution in [3.05, 3.63) is 77.5 Å². The first kappa shape index (κ1) is 11.9. The van der Waals surface area contributed by atoms with E-state index in [4.69, 9.17) is 9.73 Å². The molecule has 1 aliphatic heterocycles. The second-order valence-electron chi connectivity index (χ2n) is 5.83. The highest BCUT2D eigenvalue weighted by molar-refractivity contribution is 5.96. The zero-order valence-electron chi connectivity index (χ0n) is 11.9. The van der Waals surface area contributed by atoms with E-state index in [-0.39, 0.29) is 12.1 Å². The predicted octanol–water partition coefficient (Wildman–Crippen LogP) is 3.68. The number of ether oxygens (including phenoxy) is 1. The van der Waals surface area contributed by atoms with Crippen LogP contribution < -0.4 is 0 Å². The minimum atomic E-state index is 0.125. The number of rotatable bonds is 1. The molecule has 0 radical (unpaired) electrons. The topological polar surface area (TPSA) is 34.5 Å². The molecule has 2 unspecified atom stereocenters. The van der Waals surface area contributed by atoms with E-state index in [1.807, 2.05) is 24.3 Å². The molecule has 2 aliphatic rings. The molecule has 2 aromatic carbocycles. The molecule has 2 atom stereocenters. The standard InChI is InChI=1S/C19H14N2O/c1-3-7-14-13(6-1)11-17-18(14)21-19(22-17)16-10-9-12-5-2-4-8-15(12)20-16/h1-10,17-18H,11H2. The molecule has 0 fully saturated rings. The number of hydrogen-bond acceptors (Lipinski definition) is 3. The van der Waals surface area contributed by atoms with Gasteiger partial charge in [-0.2, -0.15) is 0 Å². The van der Waals surface area contributed by atoms with E-state index in [0.29, 0.717) is 5.90 Å². The van der Waals surface area contributed by atoms with Gasteiger partial charge in [0.25, 0.3) is 0 Å². The van der Waals surface area contributed by atoms with Crippen LogP contribution in [0.3, 0.4) is 0 Å². The van der Waals surface area contributed by atoms with Crippen LogP contribution in [-0.4, -0.2) is 17.0 Å². The fourth-order valence-corrected chi connectivity index (χ4v) is 3.41. The molecule has 2 heterocycles. The summed E-state index contributed by atoms with van der Waals surface area (Å²) in [6.07, 6.45) is 1.06. The Morgan fingerprint density at radius 1 is 0.909 bits per heavy atom. The van der Waals surface area contributed by atoms with Crippen molar-refractivity contribution in [2.24, 2.45) is 4.99 Å². The third-order valence-corrected chi connectivity index (χ3v) is 4.48. The van der Waals surface area contributed by atoms with Gasteiger partial charge >= 0.3 is 0 Å². The zero-order valence-corrected chi connectivity index (χ0v) is 11.9. The predicted molar refractivity (Wildman–Crippen MR) is 86.0 cm³/mol. The minimum Gasteiger partial charge on any atom is -0.470 e. The lowest BCUT2D eigenvalue weighted by atomic mass is 10.1. The summed E-state index contributed by atoms with van der Waals surface area (Å²) in [5, 5.41) is 1.13. The van der Waals surface area contributed by atoms with Crippen molar-refractivity contribution < 1.29 is 4.74 Å². The third-order valence-electron chi connectivity index (χ3n) is 4.48. The monoisotopic (exact) mass is 286 g/mol. The SMILES string of the molecule is c1ccc2c(c1)CC1OC(c3ccc4ccccc4n3)=NC21. The second kappa shape index (κ2) is 4.41. The zero-order chi connectivity index (χ0) is 14.5. The number of para-hydroxylation sites is 1. The van der Waals surface area contributed by atoms with Crippen molar-refractivity contribution in [1.29, 1.82) is 0 Å². The van der Waals surface area contributed by atoms with E-state index < -0.39 is 0 Å². The van der Waals surface area contributed by atoms with Gasteiger partial charge in [0.1, 0.15) is 17.8 Å². The van der Waals surface area contributed by atoms with Gasteiger partial charge in [0.15, 0.2) is 0 Å². The van der Waals surface area contributed by atoms with Crippen LogP contribution in [0.1, 0.15) is 22.9 Å². The molecule has 0 saturated carbocycles. The number of benzene rings is 2. The quantitative estimate of drug-likeness (QED) is 0.684. The maximum absolute atomic E-state index is 6.09. The summed E-state index contributed by atoms with van der Waals surface area (Å²) >= 11 is 0. The van der Waals surface area contributed by atoms with Gasteiger partial charge in [0.2, 0.25) is 5.90 Å². The molecule has 0 bridgehead atoms. The Balaban J connectivity index is 1.57.